The van der Waals surface area contributed by atoms with Gasteiger partial charge in [-0.3, -0.25) is 9.59 Å². The van der Waals surface area contributed by atoms with Crippen molar-refractivity contribution in [1.82, 2.24) is 5.32 Å². The van der Waals surface area contributed by atoms with Gasteiger partial charge in [-0.25, -0.2) is 4.39 Å². The Balaban J connectivity index is 2.06. The average molecular weight is 323 g/mol. The number of amides is 1. The van der Waals surface area contributed by atoms with Gasteiger partial charge >= 0.3 is 5.97 Å². The van der Waals surface area contributed by atoms with Gasteiger partial charge in [-0.05, 0) is 37.5 Å². The van der Waals surface area contributed by atoms with Gasteiger partial charge in [-0.2, -0.15) is 0 Å². The maximum Gasteiger partial charge on any atom is 0.308 e. The van der Waals surface area contributed by atoms with E-state index in [1.807, 2.05) is 0 Å². The van der Waals surface area contributed by atoms with Crippen LogP contribution in [0.2, 0.25) is 0 Å². The Labute approximate surface area is 134 Å². The van der Waals surface area contributed by atoms with Crippen LogP contribution in [-0.4, -0.2) is 29.6 Å². The number of nitrogens with one attached hydrogen (secondary N) is 1. The van der Waals surface area contributed by atoms with E-state index >= 15 is 0 Å². The normalized spacial score (nSPS) is 24.0. The molecule has 2 N–H and O–H groups in total. The Morgan fingerprint density at radius 1 is 1.43 bits per heavy atom. The lowest BCUT2D eigenvalue weighted by molar-refractivity contribution is -0.146. The fourth-order valence-corrected chi connectivity index (χ4v) is 3.25. The van der Waals surface area contributed by atoms with Gasteiger partial charge in [0.1, 0.15) is 0 Å². The molecule has 0 aromatic heterocycles. The zero-order valence-electron chi connectivity index (χ0n) is 13.4. The molecule has 1 aliphatic rings. The molecule has 0 heterocycles. The predicted octanol–water partition coefficient (Wildman–Crippen LogP) is 2.53. The monoisotopic (exact) mass is 323 g/mol. The number of rotatable bonds is 5. The van der Waals surface area contributed by atoms with Crippen molar-refractivity contribution in [1.29, 1.82) is 0 Å². The minimum atomic E-state index is -0.886. The number of hydrogen-bond acceptors (Lipinski definition) is 3. The standard InChI is InChI=1S/C17H22FNO4/c1-17(8-4-3-5-12(17)16(21)22)19-15(20)10-11-6-7-14(23-2)13(18)9-11/h6-7,9,12H,3-5,8,10H2,1-2H3,(H,19,20)(H,21,22)/t12-,17-/m0/s1. The third kappa shape index (κ3) is 4.00. The number of carboxylic acid groups (broad SMARTS) is 1. The Morgan fingerprint density at radius 2 is 2.17 bits per heavy atom. The molecule has 1 aliphatic carbocycles. The smallest absolute Gasteiger partial charge is 0.308 e. The van der Waals surface area contributed by atoms with Crippen LogP contribution in [0, 0.1) is 11.7 Å². The molecule has 1 saturated carbocycles. The Bertz CT molecular complexity index is 604. The van der Waals surface area contributed by atoms with Crippen LogP contribution in [0.25, 0.3) is 0 Å². The van der Waals surface area contributed by atoms with Crippen molar-refractivity contribution in [3.8, 4) is 5.75 Å². The number of benzene rings is 1. The second kappa shape index (κ2) is 6.98. The summed E-state index contributed by atoms with van der Waals surface area (Å²) in [5.41, 5.74) is -0.237. The van der Waals surface area contributed by atoms with Gasteiger partial charge in [0.05, 0.1) is 25.0 Å². The van der Waals surface area contributed by atoms with Crippen LogP contribution >= 0.6 is 0 Å². The number of methoxy groups -OCH3 is 1. The third-order valence-electron chi connectivity index (χ3n) is 4.51. The number of carbonyl (C=O) groups is 2. The summed E-state index contributed by atoms with van der Waals surface area (Å²) in [4.78, 5) is 23.7. The first-order valence-electron chi connectivity index (χ1n) is 7.72. The number of ether oxygens (including phenoxy) is 1. The number of carboxylic acids is 1. The van der Waals surface area contributed by atoms with Crippen LogP contribution in [0.15, 0.2) is 18.2 Å². The number of carbonyl (C=O) groups excluding carboxylic acids is 1. The largest absolute Gasteiger partial charge is 0.494 e. The SMILES string of the molecule is COc1ccc(CC(=O)N[C@@]2(C)CCCC[C@H]2C(=O)O)cc1F. The summed E-state index contributed by atoms with van der Waals surface area (Å²) in [5.74, 6) is -2.18. The summed E-state index contributed by atoms with van der Waals surface area (Å²) in [5, 5.41) is 12.2. The Kier molecular flexibility index (Phi) is 5.23. The molecule has 23 heavy (non-hydrogen) atoms. The highest BCUT2D eigenvalue weighted by Crippen LogP contribution is 2.34. The van der Waals surface area contributed by atoms with Crippen LogP contribution in [-0.2, 0) is 16.0 Å². The fraction of sp³-hybridized carbons (Fsp3) is 0.529. The summed E-state index contributed by atoms with van der Waals surface area (Å²) < 4.78 is 18.5. The maximum atomic E-state index is 13.7. The van der Waals surface area contributed by atoms with Crippen LogP contribution in [0.3, 0.4) is 0 Å². The minimum Gasteiger partial charge on any atom is -0.494 e. The van der Waals surface area contributed by atoms with Crippen molar-refractivity contribution in [3.05, 3.63) is 29.6 Å². The molecule has 0 bridgehead atoms. The predicted molar refractivity (Wildman–Crippen MR) is 82.8 cm³/mol. The summed E-state index contributed by atoms with van der Waals surface area (Å²) in [6.07, 6.45) is 2.93. The first-order valence-corrected chi connectivity index (χ1v) is 7.72. The molecule has 0 aliphatic heterocycles. The quantitative estimate of drug-likeness (QED) is 0.873. The van der Waals surface area contributed by atoms with Crippen molar-refractivity contribution < 1.29 is 23.8 Å². The molecule has 0 spiro atoms. The first kappa shape index (κ1) is 17.2. The van der Waals surface area contributed by atoms with Crippen LogP contribution < -0.4 is 10.1 Å². The second-order valence-corrected chi connectivity index (χ2v) is 6.25. The van der Waals surface area contributed by atoms with Crippen molar-refractivity contribution in [2.75, 3.05) is 7.11 Å². The molecule has 0 radical (unpaired) electrons. The van der Waals surface area contributed by atoms with E-state index in [1.165, 1.54) is 19.2 Å². The van der Waals surface area contributed by atoms with Crippen molar-refractivity contribution in [2.45, 2.75) is 44.6 Å². The molecule has 1 fully saturated rings. The van der Waals surface area contributed by atoms with Crippen molar-refractivity contribution in [3.63, 3.8) is 0 Å². The highest BCUT2D eigenvalue weighted by molar-refractivity contribution is 5.81. The molecular formula is C17H22FNO4. The molecule has 1 amide bonds. The van der Waals surface area contributed by atoms with Crippen molar-refractivity contribution in [2.24, 2.45) is 5.92 Å². The molecule has 5 nitrogen and oxygen atoms in total. The molecule has 6 heteroatoms. The van der Waals surface area contributed by atoms with E-state index in [-0.39, 0.29) is 18.1 Å². The van der Waals surface area contributed by atoms with Gasteiger partial charge < -0.3 is 15.2 Å². The van der Waals surface area contributed by atoms with Gasteiger partial charge in [-0.15, -0.1) is 0 Å². The van der Waals surface area contributed by atoms with E-state index in [0.29, 0.717) is 18.4 Å². The first-order chi connectivity index (χ1) is 10.9. The Morgan fingerprint density at radius 3 is 2.78 bits per heavy atom. The van der Waals surface area contributed by atoms with E-state index in [0.717, 1.165) is 12.8 Å². The zero-order chi connectivity index (χ0) is 17.0. The highest BCUT2D eigenvalue weighted by Gasteiger charge is 2.42. The summed E-state index contributed by atoms with van der Waals surface area (Å²) in [6.45, 7) is 1.78. The lowest BCUT2D eigenvalue weighted by Crippen LogP contribution is -2.55. The number of aliphatic carboxylic acids is 1. The van der Waals surface area contributed by atoms with Gasteiger partial charge in [-0.1, -0.05) is 18.9 Å². The van der Waals surface area contributed by atoms with Gasteiger partial charge in [0, 0.05) is 0 Å². The molecule has 2 rings (SSSR count). The maximum absolute atomic E-state index is 13.7. The van der Waals surface area contributed by atoms with E-state index in [4.69, 9.17) is 4.74 Å². The minimum absolute atomic E-state index is 0.00282. The molecule has 2 atom stereocenters. The van der Waals surface area contributed by atoms with Gasteiger partial charge in [0.2, 0.25) is 5.91 Å². The third-order valence-corrected chi connectivity index (χ3v) is 4.51. The summed E-state index contributed by atoms with van der Waals surface area (Å²) in [6, 6.07) is 4.36. The van der Waals surface area contributed by atoms with Crippen molar-refractivity contribution >= 4 is 11.9 Å². The van der Waals surface area contributed by atoms with Crippen LogP contribution in [0.5, 0.6) is 5.75 Å². The van der Waals surface area contributed by atoms with Gasteiger partial charge in [0.25, 0.3) is 0 Å². The topological polar surface area (TPSA) is 75.6 Å². The molecule has 126 valence electrons. The average Bonchev–Trinajstić information content (AvgIpc) is 2.46. The molecule has 0 saturated heterocycles. The van der Waals surface area contributed by atoms with Crippen LogP contribution in [0.1, 0.15) is 38.2 Å². The highest BCUT2D eigenvalue weighted by atomic mass is 19.1. The van der Waals surface area contributed by atoms with E-state index in [9.17, 15) is 19.1 Å². The van der Waals surface area contributed by atoms with E-state index in [2.05, 4.69) is 5.32 Å². The number of halogens is 1. The lowest BCUT2D eigenvalue weighted by atomic mass is 9.74. The molecule has 0 unspecified atom stereocenters. The molecule has 1 aromatic carbocycles. The lowest BCUT2D eigenvalue weighted by Gasteiger charge is -2.39. The second-order valence-electron chi connectivity index (χ2n) is 6.25. The summed E-state index contributed by atoms with van der Waals surface area (Å²) >= 11 is 0. The number of hydrogen-bond donors (Lipinski definition) is 2. The summed E-state index contributed by atoms with van der Waals surface area (Å²) in [7, 11) is 1.38. The fourth-order valence-electron chi connectivity index (χ4n) is 3.25. The Hall–Kier alpha value is -2.11. The molecule has 1 aromatic rings. The van der Waals surface area contributed by atoms with Gasteiger partial charge in [0.15, 0.2) is 11.6 Å². The zero-order valence-corrected chi connectivity index (χ0v) is 13.4. The van der Waals surface area contributed by atoms with E-state index in [1.54, 1.807) is 13.0 Å². The van der Waals surface area contributed by atoms with E-state index < -0.39 is 23.2 Å². The van der Waals surface area contributed by atoms with Crippen LogP contribution in [0.4, 0.5) is 4.39 Å². The molecular weight excluding hydrogens is 301 g/mol.